The highest BCUT2D eigenvalue weighted by Gasteiger charge is 2.33. The van der Waals surface area contributed by atoms with Crippen LogP contribution in [0.15, 0.2) is 46.0 Å². The van der Waals surface area contributed by atoms with Crippen molar-refractivity contribution in [2.75, 3.05) is 20.1 Å². The zero-order chi connectivity index (χ0) is 18.7. The topological polar surface area (TPSA) is 83.7 Å². The maximum atomic E-state index is 12.6. The van der Waals surface area contributed by atoms with Crippen molar-refractivity contribution in [1.82, 2.24) is 14.2 Å². The summed E-state index contributed by atoms with van der Waals surface area (Å²) in [6, 6.07) is 6.88. The summed E-state index contributed by atoms with van der Waals surface area (Å²) in [5.41, 5.74) is 0. The van der Waals surface area contributed by atoms with Crippen LogP contribution in [0.5, 0.6) is 0 Å². The summed E-state index contributed by atoms with van der Waals surface area (Å²) < 4.78 is 32.2. The number of furan rings is 1. The van der Waals surface area contributed by atoms with Gasteiger partial charge in [0.05, 0.1) is 6.54 Å². The van der Waals surface area contributed by atoms with Gasteiger partial charge in [0.15, 0.2) is 0 Å². The number of carbonyl (C=O) groups is 1. The molecule has 0 atom stereocenters. The Hall–Kier alpha value is -2.19. The Bertz CT molecular complexity index is 856. The fraction of sp³-hybridized carbons (Fsp3) is 0.444. The van der Waals surface area contributed by atoms with Crippen LogP contribution < -0.4 is 0 Å². The molecule has 0 unspecified atom stereocenters. The predicted molar refractivity (Wildman–Crippen MR) is 95.6 cm³/mol. The van der Waals surface area contributed by atoms with Crippen molar-refractivity contribution in [3.05, 3.63) is 48.2 Å². The molecule has 3 rings (SSSR count). The van der Waals surface area contributed by atoms with E-state index in [1.54, 1.807) is 30.3 Å². The fourth-order valence-electron chi connectivity index (χ4n) is 3.19. The van der Waals surface area contributed by atoms with Crippen molar-refractivity contribution < 1.29 is 17.6 Å². The number of nitrogens with zero attached hydrogens (tertiary/aromatic N) is 3. The van der Waals surface area contributed by atoms with E-state index in [-0.39, 0.29) is 16.7 Å². The van der Waals surface area contributed by atoms with Gasteiger partial charge in [-0.1, -0.05) is 0 Å². The Morgan fingerprint density at radius 2 is 2.04 bits per heavy atom. The maximum absolute atomic E-state index is 12.6. The highest BCUT2D eigenvalue weighted by Crippen LogP contribution is 2.25. The lowest BCUT2D eigenvalue weighted by molar-refractivity contribution is -0.136. The van der Waals surface area contributed by atoms with Gasteiger partial charge in [0.25, 0.3) is 0 Å². The number of rotatable bonds is 5. The molecule has 0 bridgehead atoms. The van der Waals surface area contributed by atoms with Crippen LogP contribution in [0, 0.1) is 12.8 Å². The number of aryl methyl sites for hydroxylation is 1. The summed E-state index contributed by atoms with van der Waals surface area (Å²) in [6.45, 7) is 2.95. The van der Waals surface area contributed by atoms with Gasteiger partial charge in [-0.05, 0) is 44.0 Å². The molecule has 0 radical (unpaired) electrons. The molecule has 1 saturated heterocycles. The maximum Gasteiger partial charge on any atom is 0.244 e. The highest BCUT2D eigenvalue weighted by molar-refractivity contribution is 7.89. The quantitative estimate of drug-likeness (QED) is 0.796. The van der Waals surface area contributed by atoms with Gasteiger partial charge >= 0.3 is 0 Å². The van der Waals surface area contributed by atoms with Gasteiger partial charge in [0.2, 0.25) is 15.9 Å². The number of amides is 1. The lowest BCUT2D eigenvalue weighted by Crippen LogP contribution is -2.43. The minimum absolute atomic E-state index is 0.0254. The summed E-state index contributed by atoms with van der Waals surface area (Å²) in [6.07, 6.45) is 3.92. The second-order valence-electron chi connectivity index (χ2n) is 6.57. The minimum atomic E-state index is -3.55. The molecule has 2 aromatic rings. The Morgan fingerprint density at radius 1 is 1.31 bits per heavy atom. The Balaban J connectivity index is 1.58. The van der Waals surface area contributed by atoms with Crippen LogP contribution in [0.3, 0.4) is 0 Å². The molecular formula is C18H23N3O4S. The van der Waals surface area contributed by atoms with E-state index < -0.39 is 10.0 Å². The van der Waals surface area contributed by atoms with Crippen LogP contribution in [-0.4, -0.2) is 48.7 Å². The smallest absolute Gasteiger partial charge is 0.244 e. The van der Waals surface area contributed by atoms with Crippen LogP contribution in [0.1, 0.15) is 24.4 Å². The number of sulfonamides is 1. The molecule has 8 heteroatoms. The van der Waals surface area contributed by atoms with Crippen molar-refractivity contribution >= 4 is 15.9 Å². The van der Waals surface area contributed by atoms with E-state index in [9.17, 15) is 13.2 Å². The molecule has 0 spiro atoms. The molecule has 140 valence electrons. The average molecular weight is 377 g/mol. The Kier molecular flexibility index (Phi) is 5.43. The van der Waals surface area contributed by atoms with Gasteiger partial charge in [-0.25, -0.2) is 8.42 Å². The van der Waals surface area contributed by atoms with Crippen LogP contribution in [0.4, 0.5) is 0 Å². The number of hydrogen-bond donors (Lipinski definition) is 0. The summed E-state index contributed by atoms with van der Waals surface area (Å²) in [5, 5.41) is 0. The van der Waals surface area contributed by atoms with Crippen LogP contribution in [0.25, 0.3) is 0 Å². The van der Waals surface area contributed by atoms with E-state index >= 15 is 0 Å². The molecule has 2 aromatic heterocycles. The van der Waals surface area contributed by atoms with E-state index in [4.69, 9.17) is 4.42 Å². The zero-order valence-electron chi connectivity index (χ0n) is 15.0. The van der Waals surface area contributed by atoms with Crippen molar-refractivity contribution in [2.45, 2.75) is 31.2 Å². The summed E-state index contributed by atoms with van der Waals surface area (Å²) in [5.74, 6) is 1.42. The van der Waals surface area contributed by atoms with Crippen LogP contribution >= 0.6 is 0 Å². The van der Waals surface area contributed by atoms with Crippen molar-refractivity contribution in [2.24, 2.45) is 5.92 Å². The molecule has 26 heavy (non-hydrogen) atoms. The molecule has 0 N–H and O–H groups in total. The summed E-state index contributed by atoms with van der Waals surface area (Å²) in [4.78, 5) is 18.4. The lowest BCUT2D eigenvalue weighted by Gasteiger charge is -2.32. The third-order valence-electron chi connectivity index (χ3n) is 4.64. The molecule has 1 amide bonds. The first-order chi connectivity index (χ1) is 12.4. The average Bonchev–Trinajstić information content (AvgIpc) is 3.06. The SMILES string of the molecule is Cc1ccc(CN(C)C(=O)C2CCN(S(=O)(=O)c3cccnc3)CC2)o1. The lowest BCUT2D eigenvalue weighted by atomic mass is 9.96. The molecule has 1 fully saturated rings. The Morgan fingerprint density at radius 3 is 2.62 bits per heavy atom. The normalized spacial score (nSPS) is 16.5. The van der Waals surface area contributed by atoms with E-state index in [0.29, 0.717) is 32.5 Å². The standard InChI is InChI=1S/C18H23N3O4S/c1-14-5-6-16(25-14)13-20(2)18(22)15-7-10-21(11-8-15)26(23,24)17-4-3-9-19-12-17/h3-6,9,12,15H,7-8,10-11,13H2,1-2H3. The van der Waals surface area contributed by atoms with Gasteiger partial charge in [0, 0.05) is 38.4 Å². The monoisotopic (exact) mass is 377 g/mol. The molecule has 1 aliphatic rings. The summed E-state index contributed by atoms with van der Waals surface area (Å²) in [7, 11) is -1.80. The molecule has 0 aliphatic carbocycles. The van der Waals surface area contributed by atoms with Crippen molar-refractivity contribution in [3.63, 3.8) is 0 Å². The van der Waals surface area contributed by atoms with Gasteiger partial charge in [-0.2, -0.15) is 4.31 Å². The molecule has 1 aliphatic heterocycles. The second kappa shape index (κ2) is 7.59. The first-order valence-electron chi connectivity index (χ1n) is 8.58. The largest absolute Gasteiger partial charge is 0.464 e. The molecule has 0 aromatic carbocycles. The van der Waals surface area contributed by atoms with Crippen LogP contribution in [-0.2, 0) is 21.4 Å². The summed E-state index contributed by atoms with van der Waals surface area (Å²) >= 11 is 0. The number of pyridine rings is 1. The minimum Gasteiger partial charge on any atom is -0.464 e. The van der Waals surface area contributed by atoms with Crippen molar-refractivity contribution in [1.29, 1.82) is 0 Å². The molecule has 7 nitrogen and oxygen atoms in total. The van der Waals surface area contributed by atoms with Crippen molar-refractivity contribution in [3.8, 4) is 0 Å². The number of piperidine rings is 1. The predicted octanol–water partition coefficient (Wildman–Crippen LogP) is 2.04. The first-order valence-corrected chi connectivity index (χ1v) is 10.0. The highest BCUT2D eigenvalue weighted by atomic mass is 32.2. The van der Waals surface area contributed by atoms with Crippen LogP contribution in [0.2, 0.25) is 0 Å². The van der Waals surface area contributed by atoms with E-state index in [2.05, 4.69) is 4.98 Å². The Labute approximate surface area is 153 Å². The molecule has 0 saturated carbocycles. The molecule has 3 heterocycles. The van der Waals surface area contributed by atoms with Gasteiger partial charge in [-0.3, -0.25) is 9.78 Å². The third-order valence-corrected chi connectivity index (χ3v) is 6.52. The van der Waals surface area contributed by atoms with E-state index in [0.717, 1.165) is 11.5 Å². The van der Waals surface area contributed by atoms with Gasteiger partial charge in [0.1, 0.15) is 16.4 Å². The number of aromatic nitrogens is 1. The first kappa shape index (κ1) is 18.6. The van der Waals surface area contributed by atoms with E-state index in [1.165, 1.54) is 10.5 Å². The third kappa shape index (κ3) is 3.96. The zero-order valence-corrected chi connectivity index (χ0v) is 15.8. The molecular weight excluding hydrogens is 354 g/mol. The van der Waals surface area contributed by atoms with E-state index in [1.807, 2.05) is 19.1 Å². The number of carbonyl (C=O) groups excluding carboxylic acids is 1. The second-order valence-corrected chi connectivity index (χ2v) is 8.51. The number of hydrogen-bond acceptors (Lipinski definition) is 5. The fourth-order valence-corrected chi connectivity index (χ4v) is 4.62. The van der Waals surface area contributed by atoms with Gasteiger partial charge in [-0.15, -0.1) is 0 Å². The van der Waals surface area contributed by atoms with Gasteiger partial charge < -0.3 is 9.32 Å².